The van der Waals surface area contributed by atoms with Crippen molar-refractivity contribution in [3.8, 4) is 23.3 Å². The minimum Gasteiger partial charge on any atom is -0.377 e. The summed E-state index contributed by atoms with van der Waals surface area (Å²) in [6.07, 6.45) is 0. The Balaban J connectivity index is 0.000000216. The van der Waals surface area contributed by atoms with Crippen molar-refractivity contribution < 1.29 is 38.6 Å². The van der Waals surface area contributed by atoms with Crippen LogP contribution in [0.3, 0.4) is 0 Å². The number of non-ortho nitro benzene ring substituents is 2. The van der Waals surface area contributed by atoms with E-state index in [1.54, 1.807) is 0 Å². The van der Waals surface area contributed by atoms with E-state index in [4.69, 9.17) is 18.9 Å². The van der Waals surface area contributed by atoms with Crippen LogP contribution in [0.4, 0.5) is 22.7 Å². The highest BCUT2D eigenvalue weighted by atomic mass is 127. The Morgan fingerprint density at radius 1 is 0.623 bits per heavy atom. The van der Waals surface area contributed by atoms with Crippen molar-refractivity contribution in [2.24, 2.45) is 0 Å². The number of fused-ring (bicyclic) bond motifs is 3. The third kappa shape index (κ3) is 11.0. The van der Waals surface area contributed by atoms with Crippen molar-refractivity contribution in [1.29, 1.82) is 10.5 Å². The molecule has 2 saturated heterocycles. The predicted molar refractivity (Wildman–Crippen MR) is 208 cm³/mol. The zero-order valence-corrected chi connectivity index (χ0v) is 32.2. The molecule has 7 rings (SSSR count). The lowest BCUT2D eigenvalue weighted by Crippen LogP contribution is -2.16. The molecule has 2 aromatic rings. The summed E-state index contributed by atoms with van der Waals surface area (Å²) in [5, 5.41) is 70.6. The molecule has 0 amide bonds. The summed E-state index contributed by atoms with van der Waals surface area (Å²) in [7, 11) is 0. The molecule has 0 spiro atoms. The fraction of sp³-hybridized carbons (Fsp3) is 0.267. The minimum absolute atomic E-state index is 0.354. The van der Waals surface area contributed by atoms with Crippen molar-refractivity contribution in [3.05, 3.63) is 109 Å². The van der Waals surface area contributed by atoms with Gasteiger partial charge >= 0.3 is 0 Å². The zero-order valence-electron chi connectivity index (χ0n) is 26.8. The maximum Gasteiger partial charge on any atom is 0.284 e. The van der Waals surface area contributed by atoms with Crippen LogP contribution in [0.2, 0.25) is 0 Å². The molecule has 23 heteroatoms. The quantitative estimate of drug-likeness (QED) is 0.104. The van der Waals surface area contributed by atoms with Gasteiger partial charge in [-0.3, -0.25) is 40.5 Å². The van der Waals surface area contributed by atoms with Gasteiger partial charge in [0.25, 0.3) is 22.7 Å². The molecule has 18 nitrogen and oxygen atoms in total. The Morgan fingerprint density at radius 2 is 1.02 bits per heavy atom. The molecule has 0 N–H and O–H groups in total. The summed E-state index contributed by atoms with van der Waals surface area (Å²) in [5.41, 5.74) is -5.98. The molecule has 276 valence electrons. The Morgan fingerprint density at radius 3 is 1.30 bits per heavy atom. The van der Waals surface area contributed by atoms with E-state index in [-0.39, 0.29) is 11.1 Å². The van der Waals surface area contributed by atoms with Crippen LogP contribution in [0.25, 0.3) is 16.7 Å². The van der Waals surface area contributed by atoms with Crippen LogP contribution in [0.5, 0.6) is 0 Å². The summed E-state index contributed by atoms with van der Waals surface area (Å²) in [6.45, 7) is 6.22. The summed E-state index contributed by atoms with van der Waals surface area (Å²) in [4.78, 5) is 41.7. The zero-order chi connectivity index (χ0) is 38.5. The molecule has 1 aliphatic carbocycles. The van der Waals surface area contributed by atoms with Gasteiger partial charge < -0.3 is 18.9 Å². The molecule has 5 aliphatic rings. The van der Waals surface area contributed by atoms with Crippen LogP contribution in [0.1, 0.15) is 11.1 Å². The fourth-order valence-electron chi connectivity index (χ4n) is 4.70. The molecule has 0 aromatic heterocycles. The third-order valence-corrected chi connectivity index (χ3v) is 13.0. The number of allylic oxidation sites excluding steroid dienone is 1. The SMILES string of the molecule is C1COCCO1.C1COCCO1.IC1=CSC(=C2SC=CS2)S1.N#CC(C#N)=C1c2cc([N+](=O)[O-])cc([N+](=O)[O-])c2-c2c1cc([N+](=O)[O-])cc2[N+](=O)[O-]. The molecule has 0 radical (unpaired) electrons. The van der Waals surface area contributed by atoms with E-state index in [0.29, 0.717) is 12.1 Å². The maximum atomic E-state index is 11.6. The average Bonchev–Trinajstić information content (AvgIpc) is 3.93. The molecule has 4 aliphatic heterocycles. The lowest BCUT2D eigenvalue weighted by molar-refractivity contribution is -0.395. The van der Waals surface area contributed by atoms with E-state index in [9.17, 15) is 51.0 Å². The van der Waals surface area contributed by atoms with Gasteiger partial charge in [0.05, 0.1) is 107 Å². The van der Waals surface area contributed by atoms with Crippen molar-refractivity contribution >= 4 is 98.0 Å². The number of hydrogen-bond donors (Lipinski definition) is 0. The Labute approximate surface area is 330 Å². The first-order valence-electron chi connectivity index (χ1n) is 14.7. The van der Waals surface area contributed by atoms with Gasteiger partial charge in [0, 0.05) is 28.8 Å². The van der Waals surface area contributed by atoms with E-state index < -0.39 is 64.7 Å². The number of nitro benzene ring substituents is 4. The van der Waals surface area contributed by atoms with Gasteiger partial charge in [-0.1, -0.05) is 47.0 Å². The largest absolute Gasteiger partial charge is 0.377 e. The third-order valence-electron chi connectivity index (χ3n) is 6.79. The fourth-order valence-corrected chi connectivity index (χ4v) is 10.2. The summed E-state index contributed by atoms with van der Waals surface area (Å²) < 4.78 is 24.0. The number of hydrogen-bond acceptors (Lipinski definition) is 18. The van der Waals surface area contributed by atoms with E-state index in [1.165, 1.54) is 23.5 Å². The highest BCUT2D eigenvalue weighted by molar-refractivity contribution is 14.1. The van der Waals surface area contributed by atoms with Gasteiger partial charge in [0.15, 0.2) is 0 Å². The van der Waals surface area contributed by atoms with Crippen LogP contribution < -0.4 is 0 Å². The Kier molecular flexibility index (Phi) is 16.1. The number of benzene rings is 2. The molecular formula is C30H23IN6O12S4. The van der Waals surface area contributed by atoms with Crippen LogP contribution in [-0.4, -0.2) is 72.5 Å². The first-order valence-corrected chi connectivity index (χ1v) is 19.2. The second-order valence-electron chi connectivity index (χ2n) is 9.95. The topological polar surface area (TPSA) is 257 Å². The number of nitrogens with zero attached hydrogens (tertiary/aromatic N) is 6. The van der Waals surface area contributed by atoms with Crippen LogP contribution >= 0.6 is 69.6 Å². The number of nitriles is 2. The summed E-state index contributed by atoms with van der Waals surface area (Å²) >= 11 is 9.73. The molecule has 4 heterocycles. The number of ether oxygens (including phenoxy) is 4. The summed E-state index contributed by atoms with van der Waals surface area (Å²) in [5.74, 6) is 0. The second-order valence-corrected chi connectivity index (χ2v) is 16.1. The highest BCUT2D eigenvalue weighted by Crippen LogP contribution is 2.56. The molecule has 0 atom stereocenters. The van der Waals surface area contributed by atoms with Gasteiger partial charge in [-0.15, -0.1) is 0 Å². The van der Waals surface area contributed by atoms with Crippen LogP contribution in [-0.2, 0) is 18.9 Å². The number of nitro groups is 4. The van der Waals surface area contributed by atoms with Gasteiger partial charge in [-0.05, 0) is 38.8 Å². The molecule has 2 aromatic carbocycles. The van der Waals surface area contributed by atoms with Crippen LogP contribution in [0, 0.1) is 63.1 Å². The number of rotatable bonds is 4. The second kappa shape index (κ2) is 20.4. The van der Waals surface area contributed by atoms with E-state index in [2.05, 4.69) is 38.8 Å². The smallest absolute Gasteiger partial charge is 0.284 e. The summed E-state index contributed by atoms with van der Waals surface area (Å²) in [6, 6.07) is 5.82. The monoisotopic (exact) mass is 914 g/mol. The van der Waals surface area contributed by atoms with Crippen LogP contribution in [0.15, 0.2) is 57.4 Å². The molecule has 2 fully saturated rings. The van der Waals surface area contributed by atoms with Crippen molar-refractivity contribution in [1.82, 2.24) is 0 Å². The molecular weight excluding hydrogens is 892 g/mol. The first kappa shape index (κ1) is 41.7. The van der Waals surface area contributed by atoms with Crippen molar-refractivity contribution in [3.63, 3.8) is 0 Å². The lowest BCUT2D eigenvalue weighted by atomic mass is 9.98. The lowest BCUT2D eigenvalue weighted by Gasteiger charge is -2.09. The van der Waals surface area contributed by atoms with Crippen molar-refractivity contribution in [2.75, 3.05) is 52.9 Å². The van der Waals surface area contributed by atoms with Gasteiger partial charge in [0.1, 0.15) is 17.7 Å². The minimum atomic E-state index is -1.01. The molecule has 0 bridgehead atoms. The van der Waals surface area contributed by atoms with E-state index >= 15 is 0 Å². The van der Waals surface area contributed by atoms with Gasteiger partial charge in [-0.25, -0.2) is 0 Å². The molecule has 0 saturated carbocycles. The van der Waals surface area contributed by atoms with Gasteiger partial charge in [0.2, 0.25) is 0 Å². The first-order chi connectivity index (χ1) is 25.5. The molecule has 53 heavy (non-hydrogen) atoms. The average molecular weight is 915 g/mol. The predicted octanol–water partition coefficient (Wildman–Crippen LogP) is 7.99. The number of halogens is 1. The Hall–Kier alpha value is -4.05. The molecule has 0 unspecified atom stereocenters. The normalized spacial score (nSPS) is 16.4. The van der Waals surface area contributed by atoms with Gasteiger partial charge in [-0.2, -0.15) is 10.5 Å². The van der Waals surface area contributed by atoms with Crippen molar-refractivity contribution in [2.45, 2.75) is 0 Å². The standard InChI is InChI=1S/C16H4N6O8.C6H3IS4.2C4H8O2/c17-5-7(6-18)14-10-1-8(19(23)24)3-12(21(27)28)15(10)16-11(14)2-9(20(25)26)4-13(16)22(29)30;7-4-3-10-6(11-4)5-8-1-2-9-5;2*1-2-6-4-3-5-1/h1-4H;1-3H;2*1-4H2. The highest BCUT2D eigenvalue weighted by Gasteiger charge is 2.41. The maximum absolute atomic E-state index is 11.6. The Bertz CT molecular complexity index is 1880. The van der Waals surface area contributed by atoms with E-state index in [1.807, 2.05) is 47.0 Å². The van der Waals surface area contributed by atoms with E-state index in [0.717, 1.165) is 65.0 Å². The number of thioether (sulfide) groups is 4.